The van der Waals surface area contributed by atoms with Gasteiger partial charge in [-0.15, -0.1) is 22.7 Å². The van der Waals surface area contributed by atoms with Crippen LogP contribution in [0.3, 0.4) is 0 Å². The number of pyridine rings is 1. The Hall–Kier alpha value is -3.26. The zero-order valence-electron chi connectivity index (χ0n) is 18.8. The van der Waals surface area contributed by atoms with Crippen molar-refractivity contribution in [3.63, 3.8) is 0 Å². The van der Waals surface area contributed by atoms with Crippen molar-refractivity contribution >= 4 is 72.1 Å². The molecule has 5 aromatic rings. The van der Waals surface area contributed by atoms with Crippen LogP contribution in [0.1, 0.15) is 40.5 Å². The van der Waals surface area contributed by atoms with Crippen molar-refractivity contribution in [1.29, 1.82) is 0 Å². The van der Waals surface area contributed by atoms with Crippen LogP contribution >= 0.6 is 34.3 Å². The van der Waals surface area contributed by atoms with Crippen LogP contribution in [0, 0.1) is 0 Å². The number of benzene rings is 2. The van der Waals surface area contributed by atoms with Gasteiger partial charge in [-0.2, -0.15) is 0 Å². The summed E-state index contributed by atoms with van der Waals surface area (Å²) in [7, 11) is 0. The summed E-state index contributed by atoms with van der Waals surface area (Å²) in [6.07, 6.45) is 1.71. The fraction of sp³-hybridized carbons (Fsp3) is 0.148. The number of nitrogens with one attached hydrogen (secondary N) is 1. The van der Waals surface area contributed by atoms with E-state index >= 15 is 0 Å². The molecular formula is C27H21ClN2O3S2. The monoisotopic (exact) mass is 520 g/mol. The summed E-state index contributed by atoms with van der Waals surface area (Å²) in [5, 5.41) is 4.96. The van der Waals surface area contributed by atoms with Gasteiger partial charge in [-0.05, 0) is 36.8 Å². The highest BCUT2D eigenvalue weighted by atomic mass is 35.5. The first-order valence-electron chi connectivity index (χ1n) is 11.2. The van der Waals surface area contributed by atoms with Gasteiger partial charge < -0.3 is 10.1 Å². The van der Waals surface area contributed by atoms with Crippen molar-refractivity contribution in [2.45, 2.75) is 19.8 Å². The van der Waals surface area contributed by atoms with Crippen molar-refractivity contribution in [3.05, 3.63) is 82.2 Å². The summed E-state index contributed by atoms with van der Waals surface area (Å²) < 4.78 is 7.06. The van der Waals surface area contributed by atoms with Gasteiger partial charge in [0.25, 0.3) is 5.91 Å². The smallest absolute Gasteiger partial charge is 0.341 e. The molecule has 5 nitrogen and oxygen atoms in total. The number of amides is 1. The van der Waals surface area contributed by atoms with Gasteiger partial charge in [0, 0.05) is 15.5 Å². The average molecular weight is 521 g/mol. The van der Waals surface area contributed by atoms with E-state index in [0.717, 1.165) is 33.2 Å². The van der Waals surface area contributed by atoms with Crippen LogP contribution in [0.15, 0.2) is 66.7 Å². The molecule has 0 aliphatic heterocycles. The number of aromatic nitrogens is 1. The number of carbonyl (C=O) groups is 2. The molecule has 0 spiro atoms. The van der Waals surface area contributed by atoms with E-state index in [1.165, 1.54) is 22.7 Å². The minimum Gasteiger partial charge on any atom is -0.462 e. The molecule has 1 amide bonds. The second kappa shape index (κ2) is 10.2. The number of fused-ring (bicyclic) bond motifs is 2. The summed E-state index contributed by atoms with van der Waals surface area (Å²) in [5.41, 5.74) is 2.23. The predicted octanol–water partition coefficient (Wildman–Crippen LogP) is 8.04. The van der Waals surface area contributed by atoms with E-state index < -0.39 is 5.97 Å². The lowest BCUT2D eigenvalue weighted by Crippen LogP contribution is -2.15. The van der Waals surface area contributed by atoms with Crippen molar-refractivity contribution in [2.24, 2.45) is 0 Å². The van der Waals surface area contributed by atoms with Gasteiger partial charge in [0.2, 0.25) is 0 Å². The van der Waals surface area contributed by atoms with Crippen LogP contribution in [0.2, 0.25) is 4.34 Å². The average Bonchev–Trinajstić information content (AvgIpc) is 3.46. The number of halogens is 1. The van der Waals surface area contributed by atoms with Crippen molar-refractivity contribution in [1.82, 2.24) is 4.98 Å². The minimum absolute atomic E-state index is 0.318. The summed E-state index contributed by atoms with van der Waals surface area (Å²) in [6, 6.07) is 20.6. The zero-order valence-corrected chi connectivity index (χ0v) is 21.2. The van der Waals surface area contributed by atoms with Crippen molar-refractivity contribution in [3.8, 4) is 10.6 Å². The highest BCUT2D eigenvalue weighted by molar-refractivity contribution is 7.23. The van der Waals surface area contributed by atoms with Crippen LogP contribution in [0.5, 0.6) is 0 Å². The summed E-state index contributed by atoms with van der Waals surface area (Å²) in [4.78, 5) is 32.2. The number of nitrogens with zero attached hydrogens (tertiary/aromatic N) is 1. The number of hydrogen-bond acceptors (Lipinski definition) is 6. The molecule has 5 rings (SSSR count). The first-order valence-corrected chi connectivity index (χ1v) is 13.2. The highest BCUT2D eigenvalue weighted by Crippen LogP contribution is 2.37. The molecule has 0 unspecified atom stereocenters. The van der Waals surface area contributed by atoms with E-state index in [4.69, 9.17) is 21.3 Å². The number of rotatable bonds is 7. The Kier molecular flexibility index (Phi) is 6.81. The van der Waals surface area contributed by atoms with Crippen LogP contribution < -0.4 is 5.32 Å². The van der Waals surface area contributed by atoms with Gasteiger partial charge in [0.15, 0.2) is 0 Å². The molecule has 8 heteroatoms. The molecule has 1 N–H and O–H groups in total. The van der Waals surface area contributed by atoms with E-state index in [1.807, 2.05) is 67.6 Å². The number of ether oxygens (including phenoxy) is 1. The molecule has 3 aromatic heterocycles. The Morgan fingerprint density at radius 3 is 2.54 bits per heavy atom. The number of hydrogen-bond donors (Lipinski definition) is 1. The number of anilines is 1. The third-order valence-corrected chi connectivity index (χ3v) is 7.88. The first-order chi connectivity index (χ1) is 17.0. The van der Waals surface area contributed by atoms with Gasteiger partial charge in [-0.1, -0.05) is 61.3 Å². The predicted molar refractivity (Wildman–Crippen MR) is 145 cm³/mol. The van der Waals surface area contributed by atoms with Crippen LogP contribution in [-0.4, -0.2) is 23.5 Å². The zero-order chi connectivity index (χ0) is 24.4. The maximum absolute atomic E-state index is 13.6. The van der Waals surface area contributed by atoms with Gasteiger partial charge in [-0.3, -0.25) is 4.79 Å². The maximum atomic E-state index is 13.6. The number of carbonyl (C=O) groups excluding carboxylic acids is 2. The number of para-hydroxylation sites is 1. The molecule has 3 heterocycles. The highest BCUT2D eigenvalue weighted by Gasteiger charge is 2.23. The Labute approximate surface area is 215 Å². The van der Waals surface area contributed by atoms with E-state index in [1.54, 1.807) is 6.07 Å². The largest absolute Gasteiger partial charge is 0.462 e. The Bertz CT molecular complexity index is 1560. The second-order valence-corrected chi connectivity index (χ2v) is 10.7. The normalized spacial score (nSPS) is 11.1. The molecule has 0 aliphatic carbocycles. The SMILES string of the molecule is CCCCOC(=O)c1c(NC(=O)c2cc(-c3ccc(Cl)s3)nc3ccccc23)sc2ccccc12. The molecule has 0 bridgehead atoms. The summed E-state index contributed by atoms with van der Waals surface area (Å²) in [5.74, 6) is -0.749. The minimum atomic E-state index is -0.431. The van der Waals surface area contributed by atoms with Gasteiger partial charge in [0.05, 0.1) is 32.6 Å². The van der Waals surface area contributed by atoms with Crippen LogP contribution in [0.25, 0.3) is 31.6 Å². The number of thiophene rings is 2. The third kappa shape index (κ3) is 4.80. The summed E-state index contributed by atoms with van der Waals surface area (Å²) >= 11 is 8.90. The summed E-state index contributed by atoms with van der Waals surface area (Å²) in [6.45, 7) is 2.38. The quantitative estimate of drug-likeness (QED) is 0.174. The van der Waals surface area contributed by atoms with E-state index in [2.05, 4.69) is 5.32 Å². The molecule has 0 saturated carbocycles. The molecule has 0 fully saturated rings. The lowest BCUT2D eigenvalue weighted by molar-refractivity contribution is 0.0503. The fourth-order valence-electron chi connectivity index (χ4n) is 3.83. The molecule has 176 valence electrons. The first kappa shape index (κ1) is 23.5. The van der Waals surface area contributed by atoms with Gasteiger partial charge >= 0.3 is 5.97 Å². The van der Waals surface area contributed by atoms with Crippen molar-refractivity contribution < 1.29 is 14.3 Å². The molecular weight excluding hydrogens is 500 g/mol. The van der Waals surface area contributed by atoms with Crippen LogP contribution in [0.4, 0.5) is 5.00 Å². The Morgan fingerprint density at radius 1 is 1.00 bits per heavy atom. The molecule has 0 atom stereocenters. The standard InChI is InChI=1S/C27H21ClN2O3S2/c1-2-3-14-33-27(32)24-17-9-5-7-11-21(17)35-26(24)30-25(31)18-15-20(22-12-13-23(28)34-22)29-19-10-6-4-8-16(18)19/h4-13,15H,2-3,14H2,1H3,(H,30,31). The van der Waals surface area contributed by atoms with E-state index in [-0.39, 0.29) is 5.91 Å². The van der Waals surface area contributed by atoms with Gasteiger partial charge in [0.1, 0.15) is 10.6 Å². The number of unbranched alkanes of at least 4 members (excludes halogenated alkanes) is 1. The number of esters is 1. The fourth-order valence-corrected chi connectivity index (χ4v) is 5.92. The lowest BCUT2D eigenvalue weighted by Gasteiger charge is -2.11. The Morgan fingerprint density at radius 2 is 1.77 bits per heavy atom. The van der Waals surface area contributed by atoms with Crippen LogP contribution in [-0.2, 0) is 4.74 Å². The van der Waals surface area contributed by atoms with E-state index in [9.17, 15) is 9.59 Å². The Balaban J connectivity index is 1.56. The van der Waals surface area contributed by atoms with Crippen molar-refractivity contribution in [2.75, 3.05) is 11.9 Å². The topological polar surface area (TPSA) is 68.3 Å². The third-order valence-electron chi connectivity index (χ3n) is 5.54. The second-order valence-electron chi connectivity index (χ2n) is 7.92. The lowest BCUT2D eigenvalue weighted by atomic mass is 10.1. The maximum Gasteiger partial charge on any atom is 0.341 e. The molecule has 0 aliphatic rings. The molecule has 35 heavy (non-hydrogen) atoms. The van der Waals surface area contributed by atoms with E-state index in [0.29, 0.717) is 38.3 Å². The van der Waals surface area contributed by atoms with Gasteiger partial charge in [-0.25, -0.2) is 9.78 Å². The molecule has 2 aromatic carbocycles. The molecule has 0 saturated heterocycles. The molecule has 0 radical (unpaired) electrons.